The molecule has 20 heavy (non-hydrogen) atoms. The Morgan fingerprint density at radius 1 is 1.25 bits per heavy atom. The normalized spacial score (nSPS) is 18.1. The Morgan fingerprint density at radius 2 is 2.05 bits per heavy atom. The number of hydrogen-bond donors (Lipinski definition) is 1. The van der Waals surface area contributed by atoms with E-state index in [1.54, 1.807) is 23.5 Å². The fraction of sp³-hybridized carbons (Fsp3) is 0.375. The molecule has 1 aromatic carbocycles. The van der Waals surface area contributed by atoms with E-state index in [9.17, 15) is 4.39 Å². The molecule has 0 saturated carbocycles. The third kappa shape index (κ3) is 2.77. The minimum absolute atomic E-state index is 0.156. The second kappa shape index (κ2) is 6.04. The summed E-state index contributed by atoms with van der Waals surface area (Å²) in [5.41, 5.74) is 2.25. The molecule has 2 heterocycles. The second-order valence-electron chi connectivity index (χ2n) is 5.20. The van der Waals surface area contributed by atoms with Gasteiger partial charge in [0.1, 0.15) is 5.82 Å². The molecular formula is C16H19FN2S. The molecule has 3 rings (SSSR count). The predicted molar refractivity (Wildman–Crippen MR) is 81.7 cm³/mol. The highest BCUT2D eigenvalue weighted by atomic mass is 32.1. The summed E-state index contributed by atoms with van der Waals surface area (Å²) >= 11 is 1.78. The Labute approximate surface area is 123 Å². The van der Waals surface area contributed by atoms with Crippen molar-refractivity contribution in [3.05, 3.63) is 57.5 Å². The lowest BCUT2D eigenvalue weighted by Crippen LogP contribution is -2.45. The van der Waals surface area contributed by atoms with Crippen molar-refractivity contribution in [2.24, 2.45) is 0 Å². The molecule has 1 atom stereocenters. The molecule has 2 nitrogen and oxygen atoms in total. The van der Waals surface area contributed by atoms with E-state index in [0.29, 0.717) is 0 Å². The number of rotatable bonds is 3. The van der Waals surface area contributed by atoms with E-state index < -0.39 is 0 Å². The van der Waals surface area contributed by atoms with Gasteiger partial charge < -0.3 is 5.32 Å². The van der Waals surface area contributed by atoms with Crippen LogP contribution in [0.1, 0.15) is 22.0 Å². The van der Waals surface area contributed by atoms with Crippen molar-refractivity contribution >= 4 is 11.3 Å². The van der Waals surface area contributed by atoms with Crippen molar-refractivity contribution in [3.8, 4) is 0 Å². The van der Waals surface area contributed by atoms with Crippen molar-refractivity contribution < 1.29 is 4.39 Å². The van der Waals surface area contributed by atoms with Gasteiger partial charge in [-0.2, -0.15) is 0 Å². The lowest BCUT2D eigenvalue weighted by molar-refractivity contribution is 0.200. The van der Waals surface area contributed by atoms with Crippen LogP contribution >= 0.6 is 11.3 Å². The first-order valence-corrected chi connectivity index (χ1v) is 7.88. The molecule has 0 radical (unpaired) electrons. The highest BCUT2D eigenvalue weighted by Crippen LogP contribution is 2.33. The number of nitrogens with zero attached hydrogens (tertiary/aromatic N) is 1. The molecule has 2 aromatic rings. The first-order valence-electron chi connectivity index (χ1n) is 7.00. The van der Waals surface area contributed by atoms with Crippen molar-refractivity contribution in [2.45, 2.75) is 13.0 Å². The minimum Gasteiger partial charge on any atom is -0.314 e. The van der Waals surface area contributed by atoms with Crippen LogP contribution in [0.5, 0.6) is 0 Å². The van der Waals surface area contributed by atoms with E-state index in [2.05, 4.69) is 27.7 Å². The van der Waals surface area contributed by atoms with E-state index in [1.165, 1.54) is 10.4 Å². The summed E-state index contributed by atoms with van der Waals surface area (Å²) < 4.78 is 13.4. The third-order valence-corrected chi connectivity index (χ3v) is 4.78. The molecule has 0 unspecified atom stereocenters. The fourth-order valence-corrected chi connectivity index (χ4v) is 3.74. The molecule has 1 N–H and O–H groups in total. The van der Waals surface area contributed by atoms with Gasteiger partial charge in [-0.1, -0.05) is 12.1 Å². The molecule has 0 spiro atoms. The van der Waals surface area contributed by atoms with Crippen LogP contribution in [0.25, 0.3) is 0 Å². The Morgan fingerprint density at radius 3 is 2.70 bits per heavy atom. The summed E-state index contributed by atoms with van der Waals surface area (Å²) in [6.45, 7) is 6.09. The summed E-state index contributed by atoms with van der Waals surface area (Å²) in [5, 5.41) is 5.51. The Hall–Kier alpha value is -1.23. The number of hydrogen-bond acceptors (Lipinski definition) is 3. The van der Waals surface area contributed by atoms with Crippen LogP contribution in [0.4, 0.5) is 4.39 Å². The van der Waals surface area contributed by atoms with E-state index >= 15 is 0 Å². The standard InChI is InChI=1S/C16H19FN2S/c1-12-11-13(17)4-5-14(12)16(15-3-2-10-20-15)19-8-6-18-7-9-19/h2-5,10-11,16,18H,6-9H2,1H3/t16-/m1/s1. The number of thiophene rings is 1. The van der Waals surface area contributed by atoms with Gasteiger partial charge in [-0.15, -0.1) is 11.3 Å². The van der Waals surface area contributed by atoms with E-state index in [1.807, 2.05) is 13.0 Å². The predicted octanol–water partition coefficient (Wildman–Crippen LogP) is 3.19. The Kier molecular flexibility index (Phi) is 4.15. The van der Waals surface area contributed by atoms with Gasteiger partial charge in [0.05, 0.1) is 6.04 Å². The van der Waals surface area contributed by atoms with E-state index in [-0.39, 0.29) is 11.9 Å². The molecule has 0 aliphatic carbocycles. The average molecular weight is 290 g/mol. The molecule has 1 saturated heterocycles. The number of benzene rings is 1. The summed E-state index contributed by atoms with van der Waals surface area (Å²) in [6, 6.07) is 9.67. The van der Waals surface area contributed by atoms with Gasteiger partial charge in [0.15, 0.2) is 0 Å². The van der Waals surface area contributed by atoms with Crippen molar-refractivity contribution in [3.63, 3.8) is 0 Å². The number of nitrogens with one attached hydrogen (secondary N) is 1. The quantitative estimate of drug-likeness (QED) is 0.934. The molecule has 0 amide bonds. The highest BCUT2D eigenvalue weighted by molar-refractivity contribution is 7.10. The lowest BCUT2D eigenvalue weighted by atomic mass is 9.98. The number of halogens is 1. The first kappa shape index (κ1) is 13.7. The van der Waals surface area contributed by atoms with Crippen LogP contribution in [-0.4, -0.2) is 31.1 Å². The van der Waals surface area contributed by atoms with Gasteiger partial charge in [0, 0.05) is 31.1 Å². The molecule has 4 heteroatoms. The van der Waals surface area contributed by atoms with Crippen LogP contribution in [0.2, 0.25) is 0 Å². The van der Waals surface area contributed by atoms with Crippen LogP contribution in [0.15, 0.2) is 35.7 Å². The smallest absolute Gasteiger partial charge is 0.123 e. The van der Waals surface area contributed by atoms with Crippen LogP contribution in [0.3, 0.4) is 0 Å². The SMILES string of the molecule is Cc1cc(F)ccc1[C@H](c1cccs1)N1CCNCC1. The monoisotopic (exact) mass is 290 g/mol. The minimum atomic E-state index is -0.156. The molecule has 106 valence electrons. The van der Waals surface area contributed by atoms with Gasteiger partial charge in [-0.05, 0) is 41.6 Å². The largest absolute Gasteiger partial charge is 0.314 e. The molecule has 1 aliphatic heterocycles. The zero-order chi connectivity index (χ0) is 13.9. The first-order chi connectivity index (χ1) is 9.75. The lowest BCUT2D eigenvalue weighted by Gasteiger charge is -2.35. The van der Waals surface area contributed by atoms with Crippen molar-refractivity contribution in [1.29, 1.82) is 0 Å². The highest BCUT2D eigenvalue weighted by Gasteiger charge is 2.25. The summed E-state index contributed by atoms with van der Waals surface area (Å²) in [5.74, 6) is -0.156. The maximum Gasteiger partial charge on any atom is 0.123 e. The van der Waals surface area contributed by atoms with Crippen LogP contribution < -0.4 is 5.32 Å². The zero-order valence-corrected chi connectivity index (χ0v) is 12.4. The van der Waals surface area contributed by atoms with Gasteiger partial charge in [0.25, 0.3) is 0 Å². The van der Waals surface area contributed by atoms with Gasteiger partial charge >= 0.3 is 0 Å². The second-order valence-corrected chi connectivity index (χ2v) is 6.18. The molecule has 1 aliphatic rings. The maximum absolute atomic E-state index is 13.4. The van der Waals surface area contributed by atoms with Crippen molar-refractivity contribution in [1.82, 2.24) is 10.2 Å². The summed E-state index contributed by atoms with van der Waals surface area (Å²) in [6.07, 6.45) is 0. The maximum atomic E-state index is 13.4. The molecule has 0 bridgehead atoms. The Balaban J connectivity index is 2.00. The average Bonchev–Trinajstić information content (AvgIpc) is 2.97. The third-order valence-electron chi connectivity index (χ3n) is 3.86. The summed E-state index contributed by atoms with van der Waals surface area (Å²) in [7, 11) is 0. The van der Waals surface area contributed by atoms with E-state index in [0.717, 1.165) is 31.7 Å². The van der Waals surface area contributed by atoms with Gasteiger partial charge in [-0.3, -0.25) is 4.90 Å². The van der Waals surface area contributed by atoms with Gasteiger partial charge in [0.2, 0.25) is 0 Å². The molecule has 1 aromatic heterocycles. The molecular weight excluding hydrogens is 271 g/mol. The van der Waals surface area contributed by atoms with Gasteiger partial charge in [-0.25, -0.2) is 4.39 Å². The topological polar surface area (TPSA) is 15.3 Å². The van der Waals surface area contributed by atoms with Crippen LogP contribution in [0, 0.1) is 12.7 Å². The Bertz CT molecular complexity index is 562. The fourth-order valence-electron chi connectivity index (χ4n) is 2.86. The van der Waals surface area contributed by atoms with Crippen LogP contribution in [-0.2, 0) is 0 Å². The van der Waals surface area contributed by atoms with E-state index in [4.69, 9.17) is 0 Å². The zero-order valence-electron chi connectivity index (χ0n) is 11.6. The van der Waals surface area contributed by atoms with Crippen molar-refractivity contribution in [2.75, 3.05) is 26.2 Å². The summed E-state index contributed by atoms with van der Waals surface area (Å²) in [4.78, 5) is 3.82. The molecule has 1 fully saturated rings. The number of aryl methyl sites for hydroxylation is 1. The number of piperazine rings is 1.